The lowest BCUT2D eigenvalue weighted by Gasteiger charge is -2.39. The van der Waals surface area contributed by atoms with Crippen LogP contribution in [0.15, 0.2) is 121 Å². The third kappa shape index (κ3) is 3.72. The van der Waals surface area contributed by atoms with Crippen LogP contribution in [-0.4, -0.2) is 14.5 Å². The van der Waals surface area contributed by atoms with Gasteiger partial charge in [-0.05, 0) is 41.1 Å². The monoisotopic (exact) mass is 526 g/mol. The molecule has 6 heteroatoms. The van der Waals surface area contributed by atoms with Gasteiger partial charge in [-0.2, -0.15) is 13.8 Å². The first-order valence-corrected chi connectivity index (χ1v) is 13.1. The molecule has 0 atom stereocenters. The SMILES string of the molecule is Fc1cc(-c2ccc3c4c(n(C(c5ccccc5)(c5ccccc5)c5ccccc5)c3n2)C=CNC4)cc(F)n1. The third-order valence-electron chi connectivity index (χ3n) is 7.57. The highest BCUT2D eigenvalue weighted by atomic mass is 19.1. The molecule has 0 saturated carbocycles. The van der Waals surface area contributed by atoms with Gasteiger partial charge >= 0.3 is 0 Å². The first kappa shape index (κ1) is 24.0. The van der Waals surface area contributed by atoms with E-state index in [2.05, 4.69) is 57.3 Å². The maximum atomic E-state index is 14.1. The molecule has 4 heterocycles. The zero-order valence-corrected chi connectivity index (χ0v) is 21.4. The van der Waals surface area contributed by atoms with E-state index in [4.69, 9.17) is 4.98 Å². The molecule has 0 saturated heterocycles. The highest BCUT2D eigenvalue weighted by Crippen LogP contribution is 2.46. The summed E-state index contributed by atoms with van der Waals surface area (Å²) in [6.07, 6.45) is 4.04. The largest absolute Gasteiger partial charge is 0.387 e. The molecule has 3 aromatic heterocycles. The van der Waals surface area contributed by atoms with Crippen LogP contribution < -0.4 is 5.32 Å². The van der Waals surface area contributed by atoms with E-state index < -0.39 is 17.4 Å². The minimum atomic E-state index is -0.883. The molecule has 1 aliphatic heterocycles. The second kappa shape index (κ2) is 9.58. The molecular weight excluding hydrogens is 502 g/mol. The molecule has 1 N–H and O–H groups in total. The van der Waals surface area contributed by atoms with Crippen LogP contribution in [0.3, 0.4) is 0 Å². The van der Waals surface area contributed by atoms with Gasteiger partial charge in [0.05, 0.1) is 11.4 Å². The van der Waals surface area contributed by atoms with Crippen molar-refractivity contribution in [2.24, 2.45) is 0 Å². The number of fused-ring (bicyclic) bond motifs is 3. The summed E-state index contributed by atoms with van der Waals surface area (Å²) >= 11 is 0. The van der Waals surface area contributed by atoms with E-state index in [9.17, 15) is 8.78 Å². The minimum Gasteiger partial charge on any atom is -0.387 e. The fourth-order valence-electron chi connectivity index (χ4n) is 5.94. The topological polar surface area (TPSA) is 42.7 Å². The van der Waals surface area contributed by atoms with Crippen LogP contribution in [0.5, 0.6) is 0 Å². The van der Waals surface area contributed by atoms with Crippen molar-refractivity contribution in [2.75, 3.05) is 0 Å². The van der Waals surface area contributed by atoms with Crippen molar-refractivity contribution >= 4 is 17.1 Å². The van der Waals surface area contributed by atoms with Crippen LogP contribution in [0.2, 0.25) is 0 Å². The number of nitrogens with zero attached hydrogens (tertiary/aromatic N) is 3. The average molecular weight is 527 g/mol. The van der Waals surface area contributed by atoms with Gasteiger partial charge < -0.3 is 9.88 Å². The van der Waals surface area contributed by atoms with Gasteiger partial charge in [-0.3, -0.25) is 0 Å². The Morgan fingerprint density at radius 3 is 1.77 bits per heavy atom. The highest BCUT2D eigenvalue weighted by molar-refractivity contribution is 5.89. The summed E-state index contributed by atoms with van der Waals surface area (Å²) in [5.74, 6) is -1.77. The Morgan fingerprint density at radius 2 is 1.23 bits per heavy atom. The Kier molecular flexibility index (Phi) is 5.74. The number of halogens is 2. The molecular formula is C34H24F2N4. The number of nitrogens with one attached hydrogen (secondary N) is 1. The van der Waals surface area contributed by atoms with Crippen LogP contribution in [0.1, 0.15) is 27.9 Å². The number of rotatable bonds is 5. The van der Waals surface area contributed by atoms with Gasteiger partial charge in [0, 0.05) is 35.2 Å². The summed E-state index contributed by atoms with van der Waals surface area (Å²) in [5, 5.41) is 4.32. The minimum absolute atomic E-state index is 0.330. The van der Waals surface area contributed by atoms with Gasteiger partial charge in [0.1, 0.15) is 11.2 Å². The standard InChI is InChI=1S/C34H24F2N4/c35-31-20-23(21-32(36)39-31)29-17-16-27-28-22-37-19-18-30(28)40(33(27)38-29)34(24-10-4-1-5-11-24,25-12-6-2-7-13-25)26-14-8-3-9-15-26/h1-21,37H,22H2. The molecule has 0 fully saturated rings. The third-order valence-corrected chi connectivity index (χ3v) is 7.57. The first-order valence-electron chi connectivity index (χ1n) is 13.1. The van der Waals surface area contributed by atoms with Gasteiger partial charge in [-0.25, -0.2) is 4.98 Å². The van der Waals surface area contributed by atoms with E-state index in [0.717, 1.165) is 33.3 Å². The van der Waals surface area contributed by atoms with Crippen molar-refractivity contribution in [3.8, 4) is 11.3 Å². The Labute approximate surface area is 230 Å². The van der Waals surface area contributed by atoms with E-state index in [1.54, 1.807) is 0 Å². The van der Waals surface area contributed by atoms with Crippen molar-refractivity contribution < 1.29 is 8.78 Å². The Balaban J connectivity index is 1.66. The van der Waals surface area contributed by atoms with Crippen molar-refractivity contribution in [2.45, 2.75) is 12.1 Å². The number of aromatic nitrogens is 3. The summed E-state index contributed by atoms with van der Waals surface area (Å²) in [7, 11) is 0. The zero-order valence-electron chi connectivity index (χ0n) is 21.4. The lowest BCUT2D eigenvalue weighted by atomic mass is 9.76. The molecule has 4 nitrogen and oxygen atoms in total. The Hall–Kier alpha value is -5.10. The van der Waals surface area contributed by atoms with Crippen LogP contribution >= 0.6 is 0 Å². The smallest absolute Gasteiger partial charge is 0.216 e. The second-order valence-corrected chi connectivity index (χ2v) is 9.79. The lowest BCUT2D eigenvalue weighted by Crippen LogP contribution is -2.39. The van der Waals surface area contributed by atoms with Crippen LogP contribution in [-0.2, 0) is 12.1 Å². The van der Waals surface area contributed by atoms with Gasteiger partial charge in [0.15, 0.2) is 0 Å². The molecule has 194 valence electrons. The molecule has 0 aliphatic carbocycles. The predicted octanol–water partition coefficient (Wildman–Crippen LogP) is 7.29. The summed E-state index contributed by atoms with van der Waals surface area (Å²) in [5.41, 5.74) is 6.01. The van der Waals surface area contributed by atoms with Crippen molar-refractivity contribution in [3.05, 3.63) is 161 Å². The van der Waals surface area contributed by atoms with Gasteiger partial charge in [-0.1, -0.05) is 91.0 Å². The molecule has 0 spiro atoms. The van der Waals surface area contributed by atoms with Gasteiger partial charge in [0.25, 0.3) is 0 Å². The maximum absolute atomic E-state index is 14.1. The molecule has 1 aliphatic rings. The molecule has 3 aromatic carbocycles. The fraction of sp³-hybridized carbons (Fsp3) is 0.0588. The number of hydrogen-bond acceptors (Lipinski definition) is 3. The van der Waals surface area contributed by atoms with Crippen molar-refractivity contribution in [1.82, 2.24) is 19.9 Å². The summed E-state index contributed by atoms with van der Waals surface area (Å²) < 4.78 is 30.6. The van der Waals surface area contributed by atoms with E-state index >= 15 is 0 Å². The fourth-order valence-corrected chi connectivity index (χ4v) is 5.94. The number of benzene rings is 3. The quantitative estimate of drug-likeness (QED) is 0.189. The zero-order chi connectivity index (χ0) is 27.1. The number of hydrogen-bond donors (Lipinski definition) is 1. The maximum Gasteiger partial charge on any atom is 0.216 e. The van der Waals surface area contributed by atoms with E-state index in [1.807, 2.05) is 72.9 Å². The Morgan fingerprint density at radius 1 is 0.675 bits per heavy atom. The van der Waals surface area contributed by atoms with E-state index in [0.29, 0.717) is 23.4 Å². The Bertz CT molecular complexity index is 1750. The van der Waals surface area contributed by atoms with Crippen molar-refractivity contribution in [3.63, 3.8) is 0 Å². The second-order valence-electron chi connectivity index (χ2n) is 9.79. The van der Waals surface area contributed by atoms with Crippen LogP contribution in [0, 0.1) is 11.9 Å². The molecule has 7 rings (SSSR count). The summed E-state index contributed by atoms with van der Waals surface area (Å²) in [6, 6.07) is 37.4. The summed E-state index contributed by atoms with van der Waals surface area (Å²) in [4.78, 5) is 8.38. The van der Waals surface area contributed by atoms with Crippen LogP contribution in [0.25, 0.3) is 28.4 Å². The van der Waals surface area contributed by atoms with E-state index in [-0.39, 0.29) is 0 Å². The average Bonchev–Trinajstić information content (AvgIpc) is 3.33. The number of pyridine rings is 2. The molecule has 0 amide bonds. The van der Waals surface area contributed by atoms with Crippen molar-refractivity contribution in [1.29, 1.82) is 0 Å². The summed E-state index contributed by atoms with van der Waals surface area (Å²) in [6.45, 7) is 0.628. The first-order chi connectivity index (χ1) is 19.7. The van der Waals surface area contributed by atoms with E-state index in [1.165, 1.54) is 12.1 Å². The molecule has 0 unspecified atom stereocenters. The van der Waals surface area contributed by atoms with Gasteiger partial charge in [0.2, 0.25) is 11.9 Å². The molecule has 0 radical (unpaired) electrons. The molecule has 0 bridgehead atoms. The molecule has 6 aromatic rings. The van der Waals surface area contributed by atoms with Crippen LogP contribution in [0.4, 0.5) is 8.78 Å². The lowest BCUT2D eigenvalue weighted by molar-refractivity contribution is 0.513. The predicted molar refractivity (Wildman–Crippen MR) is 153 cm³/mol. The highest BCUT2D eigenvalue weighted by Gasteiger charge is 2.42. The normalized spacial score (nSPS) is 12.8. The van der Waals surface area contributed by atoms with Gasteiger partial charge in [-0.15, -0.1) is 0 Å². The molecule has 40 heavy (non-hydrogen) atoms.